The zero-order valence-electron chi connectivity index (χ0n) is 3.89. The van der Waals surface area contributed by atoms with Gasteiger partial charge >= 0.3 is 0 Å². The van der Waals surface area contributed by atoms with Crippen molar-refractivity contribution in [3.05, 3.63) is 12.2 Å². The van der Waals surface area contributed by atoms with Crippen molar-refractivity contribution in [1.29, 1.82) is 0 Å². The molecule has 32 valence electrons. The normalized spacial score (nSPS) is 8.17. The predicted octanol–water partition coefficient (Wildman–Crippen LogP) is 0.401. The molecule has 0 aliphatic heterocycles. The molecule has 0 saturated heterocycles. The summed E-state index contributed by atoms with van der Waals surface area (Å²) in [5.41, 5.74) is 0. The van der Waals surface area contributed by atoms with E-state index in [4.69, 9.17) is 0 Å². The lowest BCUT2D eigenvalue weighted by Gasteiger charge is -1.47. The molecule has 0 N–H and O–H groups in total. The van der Waals surface area contributed by atoms with E-state index in [0.29, 0.717) is 0 Å². The van der Waals surface area contributed by atoms with Crippen LogP contribution in [0.25, 0.3) is 0 Å². The summed E-state index contributed by atoms with van der Waals surface area (Å²) in [7, 11) is 0. The molecule has 0 aromatic heterocycles. The Balaban J connectivity index is 3.33. The topological polar surface area (TPSA) is 14.1 Å². The highest BCUT2D eigenvalue weighted by Crippen LogP contribution is 1.55. The van der Waals surface area contributed by atoms with Crippen LogP contribution in [-0.4, -0.2) is 12.9 Å². The van der Waals surface area contributed by atoms with Crippen molar-refractivity contribution >= 4 is 12.9 Å². The molecule has 1 nitrogen and oxygen atoms in total. The average molecular weight is 82.1 g/mol. The van der Waals surface area contributed by atoms with Gasteiger partial charge in [-0.05, 0) is 6.92 Å². The van der Waals surface area contributed by atoms with E-state index in [-0.39, 0.29) is 0 Å². The first-order valence-electron chi connectivity index (χ1n) is 1.82. The Morgan fingerprint density at radius 2 is 2.33 bits per heavy atom. The van der Waals surface area contributed by atoms with E-state index in [2.05, 4.69) is 11.4 Å². The second-order valence-electron chi connectivity index (χ2n) is 0.857. The molecule has 0 fully saturated rings. The fraction of sp³-hybridized carbons (Fsp3) is 0.200. The molecule has 1 heteroatoms. The Morgan fingerprint density at radius 3 is 2.50 bits per heavy atom. The fourth-order valence-corrected chi connectivity index (χ4v) is 0.147. The van der Waals surface area contributed by atoms with Crippen molar-refractivity contribution in [1.82, 2.24) is 4.67 Å². The van der Waals surface area contributed by atoms with E-state index in [1.807, 2.05) is 19.1 Å². The van der Waals surface area contributed by atoms with Gasteiger partial charge in [0.2, 0.25) is 0 Å². The molecule has 0 aliphatic carbocycles. The van der Waals surface area contributed by atoms with Crippen LogP contribution in [0.2, 0.25) is 0 Å². The smallest absolute Gasteiger partial charge is 0.109 e. The first-order valence-corrected chi connectivity index (χ1v) is 1.82. The first-order chi connectivity index (χ1) is 2.91. The Labute approximate surface area is 37.8 Å². The molecule has 0 atom stereocenters. The highest BCUT2D eigenvalue weighted by Gasteiger charge is 1.59. The van der Waals surface area contributed by atoms with Gasteiger partial charge in [-0.25, -0.2) is 0 Å². The van der Waals surface area contributed by atoms with E-state index in [1.165, 1.54) is 0 Å². The van der Waals surface area contributed by atoms with Crippen molar-refractivity contribution in [3.63, 3.8) is 0 Å². The van der Waals surface area contributed by atoms with Crippen LogP contribution >= 0.6 is 0 Å². The monoisotopic (exact) mass is 82.1 g/mol. The predicted molar refractivity (Wildman–Crippen MR) is 30.1 cm³/mol. The minimum atomic E-state index is 1.64. The largest absolute Gasteiger partial charge is 0.291 e. The number of rotatable bonds is 1. The van der Waals surface area contributed by atoms with Crippen LogP contribution in [0, 0.1) is 0 Å². The number of hydrogen-bond acceptors (Lipinski definition) is 0. The second kappa shape index (κ2) is 4.19. The Bertz CT molecular complexity index is 86.1. The molecule has 0 amide bonds. The summed E-state index contributed by atoms with van der Waals surface area (Å²) >= 11 is 0. The van der Waals surface area contributed by atoms with Gasteiger partial charge in [0.25, 0.3) is 12.9 Å². The van der Waals surface area contributed by atoms with E-state index in [9.17, 15) is 0 Å². The summed E-state index contributed by atoms with van der Waals surface area (Å²) in [6, 6.07) is 0. The van der Waals surface area contributed by atoms with Gasteiger partial charge in [-0.1, -0.05) is 6.08 Å². The fourth-order valence-electron chi connectivity index (χ4n) is 0.147. The summed E-state index contributed by atoms with van der Waals surface area (Å²) in [5, 5.41) is 0. The third-order valence-electron chi connectivity index (χ3n) is 0.384. The van der Waals surface area contributed by atoms with Gasteiger partial charge in [-0.2, -0.15) is 0 Å². The maximum absolute atomic E-state index is 3.46. The highest BCUT2D eigenvalue weighted by atomic mass is 14.5. The van der Waals surface area contributed by atoms with Gasteiger partial charge in [0, 0.05) is 6.08 Å². The van der Waals surface area contributed by atoms with E-state index < -0.39 is 0 Å². The van der Waals surface area contributed by atoms with Crippen LogP contribution in [-0.2, 0) is 0 Å². The zero-order chi connectivity index (χ0) is 4.83. The van der Waals surface area contributed by atoms with Crippen LogP contribution in [0.4, 0.5) is 0 Å². The minimum absolute atomic E-state index is 1.64. The lowest BCUT2D eigenvalue weighted by atomic mass is 10.6. The Hall–Kier alpha value is -0.810. The van der Waals surface area contributed by atoms with Crippen LogP contribution in [0.15, 0.2) is 12.2 Å². The molecule has 0 aliphatic rings. The van der Waals surface area contributed by atoms with Crippen LogP contribution < -0.4 is 4.67 Å². The van der Waals surface area contributed by atoms with Gasteiger partial charge < -0.3 is 0 Å². The second-order valence-corrected chi connectivity index (χ2v) is 0.857. The zero-order valence-corrected chi connectivity index (χ0v) is 3.89. The molecular weight excluding hydrogens is 74.1 g/mol. The standard InChI is InChI=1S/C5H8N/c1-3-4-5-6-2/h3-5H,2H2,1H3/q+1. The maximum Gasteiger partial charge on any atom is 0.291 e. The molecule has 0 aromatic rings. The van der Waals surface area contributed by atoms with Gasteiger partial charge in [-0.15, -0.1) is 4.67 Å². The molecule has 0 heterocycles. The van der Waals surface area contributed by atoms with Crippen molar-refractivity contribution in [2.24, 2.45) is 0 Å². The Morgan fingerprint density at radius 1 is 1.67 bits per heavy atom. The van der Waals surface area contributed by atoms with Crippen LogP contribution in [0.5, 0.6) is 0 Å². The van der Waals surface area contributed by atoms with E-state index >= 15 is 0 Å². The highest BCUT2D eigenvalue weighted by molar-refractivity contribution is 5.70. The summed E-state index contributed by atoms with van der Waals surface area (Å²) in [6.07, 6.45) is 5.36. The van der Waals surface area contributed by atoms with Crippen molar-refractivity contribution < 1.29 is 0 Å². The maximum atomic E-state index is 3.46. The lowest BCUT2D eigenvalue weighted by molar-refractivity contribution is 1.73. The first kappa shape index (κ1) is 5.19. The van der Waals surface area contributed by atoms with Gasteiger partial charge in [0.05, 0.1) is 0 Å². The molecule has 0 unspecified atom stereocenters. The number of hydrogen-bond donors (Lipinski definition) is 0. The average Bonchev–Trinajstić information content (AvgIpc) is 1.61. The third kappa shape index (κ3) is 3.19. The van der Waals surface area contributed by atoms with Gasteiger partial charge in [0.15, 0.2) is 0 Å². The summed E-state index contributed by atoms with van der Waals surface area (Å²) < 4.78 is 3.46. The molecule has 0 rings (SSSR count). The van der Waals surface area contributed by atoms with Gasteiger partial charge in [0.1, 0.15) is 0 Å². The number of allylic oxidation sites excluding steroid dienone is 2. The summed E-state index contributed by atoms with van der Waals surface area (Å²) in [5.74, 6) is 0. The lowest BCUT2D eigenvalue weighted by Crippen LogP contribution is -1.64. The minimum Gasteiger partial charge on any atom is -0.109 e. The molecule has 0 saturated carbocycles. The molecule has 0 bridgehead atoms. The summed E-state index contributed by atoms with van der Waals surface area (Å²) in [6.45, 7) is 5.17. The molecule has 6 heavy (non-hydrogen) atoms. The third-order valence-corrected chi connectivity index (χ3v) is 0.384. The molecule has 0 radical (unpaired) electrons. The van der Waals surface area contributed by atoms with Crippen LogP contribution in [0.3, 0.4) is 0 Å². The molecular formula is C5H8N+. The van der Waals surface area contributed by atoms with Crippen molar-refractivity contribution in [2.75, 3.05) is 0 Å². The van der Waals surface area contributed by atoms with E-state index in [1.54, 1.807) is 6.21 Å². The van der Waals surface area contributed by atoms with Gasteiger partial charge in [-0.3, -0.25) is 0 Å². The SMILES string of the molecule is C=[N+]=CC=CC. The van der Waals surface area contributed by atoms with Crippen LogP contribution in [0.1, 0.15) is 6.92 Å². The molecule has 0 aromatic carbocycles. The Kier molecular flexibility index (Phi) is 3.62. The summed E-state index contributed by atoms with van der Waals surface area (Å²) in [4.78, 5) is 0. The van der Waals surface area contributed by atoms with E-state index in [0.717, 1.165) is 0 Å². The molecule has 0 spiro atoms. The van der Waals surface area contributed by atoms with Crippen molar-refractivity contribution in [3.8, 4) is 0 Å². The van der Waals surface area contributed by atoms with Crippen molar-refractivity contribution in [2.45, 2.75) is 6.92 Å². The number of nitrogens with zero attached hydrogens (tertiary/aromatic N) is 1. The quantitative estimate of drug-likeness (QED) is 0.321.